The van der Waals surface area contributed by atoms with E-state index in [9.17, 15) is 14.7 Å². The van der Waals surface area contributed by atoms with Crippen LogP contribution in [0.1, 0.15) is 10.5 Å². The lowest BCUT2D eigenvalue weighted by molar-refractivity contribution is 0.0589. The second-order valence-electron chi connectivity index (χ2n) is 3.65. The lowest BCUT2D eigenvalue weighted by atomic mass is 10.1. The number of ether oxygens (including phenoxy) is 1. The highest BCUT2D eigenvalue weighted by Gasteiger charge is 2.13. The van der Waals surface area contributed by atoms with Crippen molar-refractivity contribution < 1.29 is 14.6 Å². The summed E-state index contributed by atoms with van der Waals surface area (Å²) < 4.78 is 6.11. The standard InChI is InChI=1S/C12H11NO4/c1-13-9-5-7(14)3-4-8(9)11(15)6-10(13)12(16)17-2/h3-6,14H,1-2H3. The molecule has 5 heteroatoms. The number of pyridine rings is 1. The Kier molecular flexibility index (Phi) is 2.59. The molecular formula is C12H11NO4. The molecule has 0 saturated carbocycles. The maximum Gasteiger partial charge on any atom is 0.354 e. The van der Waals surface area contributed by atoms with E-state index in [0.717, 1.165) is 0 Å². The van der Waals surface area contributed by atoms with Crippen LogP contribution in [0.5, 0.6) is 5.75 Å². The number of phenolic OH excluding ortho intramolecular Hbond substituents is 1. The molecule has 0 amide bonds. The Morgan fingerprint density at radius 3 is 2.71 bits per heavy atom. The van der Waals surface area contributed by atoms with Crippen molar-refractivity contribution in [2.45, 2.75) is 0 Å². The zero-order chi connectivity index (χ0) is 12.6. The van der Waals surface area contributed by atoms with Gasteiger partial charge in [0, 0.05) is 24.6 Å². The van der Waals surface area contributed by atoms with E-state index >= 15 is 0 Å². The topological polar surface area (TPSA) is 68.5 Å². The number of aryl methyl sites for hydroxylation is 1. The van der Waals surface area contributed by atoms with E-state index in [2.05, 4.69) is 4.74 Å². The molecule has 1 aromatic carbocycles. The van der Waals surface area contributed by atoms with Crippen LogP contribution >= 0.6 is 0 Å². The predicted octanol–water partition coefficient (Wildman–Crippen LogP) is 1.03. The molecule has 0 bridgehead atoms. The summed E-state index contributed by atoms with van der Waals surface area (Å²) in [7, 11) is 2.88. The SMILES string of the molecule is COC(=O)c1cc(=O)c2ccc(O)cc2n1C. The van der Waals surface area contributed by atoms with Gasteiger partial charge in [0.05, 0.1) is 12.6 Å². The maximum atomic E-state index is 11.8. The van der Waals surface area contributed by atoms with E-state index in [1.807, 2.05) is 0 Å². The first-order chi connectivity index (χ1) is 8.04. The number of carbonyl (C=O) groups excluding carboxylic acids is 1. The Balaban J connectivity index is 2.88. The molecule has 0 unspecified atom stereocenters. The third-order valence-corrected chi connectivity index (χ3v) is 2.63. The number of nitrogens with zero attached hydrogens (tertiary/aromatic N) is 1. The van der Waals surface area contributed by atoms with Crippen LogP contribution in [0, 0.1) is 0 Å². The van der Waals surface area contributed by atoms with Crippen molar-refractivity contribution in [3.8, 4) is 5.75 Å². The number of aromatic nitrogens is 1. The Morgan fingerprint density at radius 2 is 2.06 bits per heavy atom. The number of aromatic hydroxyl groups is 1. The zero-order valence-corrected chi connectivity index (χ0v) is 9.43. The summed E-state index contributed by atoms with van der Waals surface area (Å²) in [5, 5.41) is 9.84. The zero-order valence-electron chi connectivity index (χ0n) is 9.43. The summed E-state index contributed by atoms with van der Waals surface area (Å²) in [4.78, 5) is 23.3. The fourth-order valence-corrected chi connectivity index (χ4v) is 1.73. The number of methoxy groups -OCH3 is 1. The van der Waals surface area contributed by atoms with Gasteiger partial charge in [-0.25, -0.2) is 4.79 Å². The van der Waals surface area contributed by atoms with Crippen LogP contribution in [0.3, 0.4) is 0 Å². The minimum atomic E-state index is -0.588. The molecule has 88 valence electrons. The van der Waals surface area contributed by atoms with E-state index in [1.165, 1.54) is 35.9 Å². The van der Waals surface area contributed by atoms with Gasteiger partial charge in [-0.2, -0.15) is 0 Å². The van der Waals surface area contributed by atoms with Gasteiger partial charge in [-0.05, 0) is 12.1 Å². The lowest BCUT2D eigenvalue weighted by Gasteiger charge is -2.10. The fourth-order valence-electron chi connectivity index (χ4n) is 1.73. The Hall–Kier alpha value is -2.30. The summed E-state index contributed by atoms with van der Waals surface area (Å²) in [5.41, 5.74) is 0.354. The molecule has 0 saturated heterocycles. The summed E-state index contributed by atoms with van der Waals surface area (Å²) in [6.45, 7) is 0. The number of fused-ring (bicyclic) bond motifs is 1. The third-order valence-electron chi connectivity index (χ3n) is 2.63. The second kappa shape index (κ2) is 3.93. The first kappa shape index (κ1) is 11.2. The number of esters is 1. The Labute approximate surface area is 96.9 Å². The van der Waals surface area contributed by atoms with Gasteiger partial charge >= 0.3 is 5.97 Å². The molecule has 0 aliphatic heterocycles. The normalized spacial score (nSPS) is 10.5. The number of phenols is 1. The molecule has 0 fully saturated rings. The third kappa shape index (κ3) is 1.75. The molecule has 0 atom stereocenters. The average molecular weight is 233 g/mol. The Bertz CT molecular complexity index is 657. The molecule has 0 radical (unpaired) electrons. The van der Waals surface area contributed by atoms with Gasteiger partial charge in [0.1, 0.15) is 11.4 Å². The van der Waals surface area contributed by atoms with E-state index in [0.29, 0.717) is 10.9 Å². The summed E-state index contributed by atoms with van der Waals surface area (Å²) in [5.74, 6) is -0.552. The van der Waals surface area contributed by atoms with Gasteiger partial charge in [0.25, 0.3) is 0 Å². The van der Waals surface area contributed by atoms with Gasteiger partial charge < -0.3 is 14.4 Å². The number of rotatable bonds is 1. The first-order valence-corrected chi connectivity index (χ1v) is 4.95. The van der Waals surface area contributed by atoms with Crippen LogP contribution in [0.25, 0.3) is 10.9 Å². The monoisotopic (exact) mass is 233 g/mol. The van der Waals surface area contributed by atoms with Gasteiger partial charge in [0.15, 0.2) is 5.43 Å². The molecule has 0 spiro atoms. The molecular weight excluding hydrogens is 222 g/mol. The van der Waals surface area contributed by atoms with Crippen LogP contribution < -0.4 is 5.43 Å². The fraction of sp³-hybridized carbons (Fsp3) is 0.167. The van der Waals surface area contributed by atoms with Crippen LogP contribution in [-0.4, -0.2) is 22.8 Å². The van der Waals surface area contributed by atoms with Crippen LogP contribution in [-0.2, 0) is 11.8 Å². The molecule has 2 rings (SSSR count). The van der Waals surface area contributed by atoms with Gasteiger partial charge in [-0.1, -0.05) is 0 Å². The van der Waals surface area contributed by atoms with Crippen molar-refractivity contribution >= 4 is 16.9 Å². The van der Waals surface area contributed by atoms with Gasteiger partial charge in [0.2, 0.25) is 0 Å². The minimum absolute atomic E-state index is 0.0366. The number of hydrogen-bond donors (Lipinski definition) is 1. The molecule has 1 N–H and O–H groups in total. The quantitative estimate of drug-likeness (QED) is 0.747. The molecule has 0 aliphatic rings. The van der Waals surface area contributed by atoms with Gasteiger partial charge in [-0.15, -0.1) is 0 Å². The molecule has 0 aliphatic carbocycles. The summed E-state index contributed by atoms with van der Waals surface area (Å²) in [6.07, 6.45) is 0. The van der Waals surface area contributed by atoms with E-state index in [-0.39, 0.29) is 16.9 Å². The van der Waals surface area contributed by atoms with E-state index in [4.69, 9.17) is 0 Å². The molecule has 1 heterocycles. The van der Waals surface area contributed by atoms with Crippen LogP contribution in [0.2, 0.25) is 0 Å². The molecule has 2 aromatic rings. The average Bonchev–Trinajstić information content (AvgIpc) is 2.32. The first-order valence-electron chi connectivity index (χ1n) is 4.95. The van der Waals surface area contributed by atoms with Gasteiger partial charge in [-0.3, -0.25) is 4.79 Å². The van der Waals surface area contributed by atoms with Crippen molar-refractivity contribution in [3.05, 3.63) is 40.2 Å². The largest absolute Gasteiger partial charge is 0.508 e. The molecule has 1 aromatic heterocycles. The van der Waals surface area contributed by atoms with Crippen LogP contribution in [0.15, 0.2) is 29.1 Å². The molecule has 5 nitrogen and oxygen atoms in total. The smallest absolute Gasteiger partial charge is 0.354 e. The van der Waals surface area contributed by atoms with E-state index in [1.54, 1.807) is 7.05 Å². The van der Waals surface area contributed by atoms with Crippen molar-refractivity contribution in [1.82, 2.24) is 4.57 Å². The lowest BCUT2D eigenvalue weighted by Crippen LogP contribution is -2.16. The van der Waals surface area contributed by atoms with Crippen molar-refractivity contribution in [2.24, 2.45) is 7.05 Å². The van der Waals surface area contributed by atoms with Crippen molar-refractivity contribution in [2.75, 3.05) is 7.11 Å². The second-order valence-corrected chi connectivity index (χ2v) is 3.65. The number of carbonyl (C=O) groups is 1. The van der Waals surface area contributed by atoms with Crippen molar-refractivity contribution in [1.29, 1.82) is 0 Å². The van der Waals surface area contributed by atoms with Crippen molar-refractivity contribution in [3.63, 3.8) is 0 Å². The highest BCUT2D eigenvalue weighted by atomic mass is 16.5. The highest BCUT2D eigenvalue weighted by Crippen LogP contribution is 2.18. The maximum absolute atomic E-state index is 11.8. The van der Waals surface area contributed by atoms with Crippen LogP contribution in [0.4, 0.5) is 0 Å². The predicted molar refractivity (Wildman–Crippen MR) is 62.2 cm³/mol. The number of benzene rings is 1. The van der Waals surface area contributed by atoms with E-state index < -0.39 is 5.97 Å². The minimum Gasteiger partial charge on any atom is -0.508 e. The summed E-state index contributed by atoms with van der Waals surface area (Å²) in [6, 6.07) is 5.62. The Morgan fingerprint density at radius 1 is 1.35 bits per heavy atom. The summed E-state index contributed by atoms with van der Waals surface area (Å²) >= 11 is 0. The number of hydrogen-bond acceptors (Lipinski definition) is 4. The highest BCUT2D eigenvalue weighted by molar-refractivity contribution is 5.91. The molecule has 17 heavy (non-hydrogen) atoms.